The molecule has 0 bridgehead atoms. The van der Waals surface area contributed by atoms with Gasteiger partial charge in [0, 0.05) is 50.5 Å². The highest BCUT2D eigenvalue weighted by Gasteiger charge is 2.18. The Morgan fingerprint density at radius 2 is 1.28 bits per heavy atom. The molecule has 0 N–H and O–H groups in total. The summed E-state index contributed by atoms with van der Waals surface area (Å²) < 4.78 is 8.44. The van der Waals surface area contributed by atoms with E-state index >= 15 is 0 Å². The van der Waals surface area contributed by atoms with E-state index in [9.17, 15) is 0 Å². The average Bonchev–Trinajstić information content (AvgIpc) is 3.61. The Labute approximate surface area is 247 Å². The first-order valence-corrected chi connectivity index (χ1v) is 14.5. The number of nitrogens with zero attached hydrogens (tertiary/aromatic N) is 3. The van der Waals surface area contributed by atoms with Gasteiger partial charge in [0.1, 0.15) is 5.58 Å². The molecule has 0 aliphatic rings. The van der Waals surface area contributed by atoms with Crippen molar-refractivity contribution in [2.75, 3.05) is 4.90 Å². The van der Waals surface area contributed by atoms with E-state index in [1.807, 2.05) is 12.1 Å². The number of furan rings is 1. The molecule has 0 spiro atoms. The molecule has 9 rings (SSSR count). The number of fused-ring (bicyclic) bond motifs is 8. The third-order valence-corrected chi connectivity index (χ3v) is 8.41. The predicted molar refractivity (Wildman–Crippen MR) is 178 cm³/mol. The van der Waals surface area contributed by atoms with Gasteiger partial charge in [0.2, 0.25) is 5.71 Å². The van der Waals surface area contributed by atoms with E-state index in [0.717, 1.165) is 39.1 Å². The van der Waals surface area contributed by atoms with Crippen molar-refractivity contribution >= 4 is 71.7 Å². The van der Waals surface area contributed by atoms with Crippen molar-refractivity contribution in [3.05, 3.63) is 152 Å². The molecule has 202 valence electrons. The molecule has 0 aliphatic heterocycles. The van der Waals surface area contributed by atoms with Crippen molar-refractivity contribution in [3.8, 4) is 5.69 Å². The van der Waals surface area contributed by atoms with Crippen molar-refractivity contribution in [1.29, 1.82) is 0 Å². The smallest absolute Gasteiger partial charge is 0.227 e. The molecule has 4 heteroatoms. The summed E-state index contributed by atoms with van der Waals surface area (Å²) in [5.74, 6) is 0. The number of pyridine rings is 1. The maximum atomic E-state index is 6.05. The van der Waals surface area contributed by atoms with Crippen LogP contribution in [0.4, 0.5) is 17.1 Å². The zero-order valence-electron chi connectivity index (χ0n) is 23.2. The monoisotopic (exact) mass is 551 g/mol. The summed E-state index contributed by atoms with van der Waals surface area (Å²) in [6, 6.07) is 51.6. The van der Waals surface area contributed by atoms with Crippen molar-refractivity contribution in [3.63, 3.8) is 0 Å². The molecule has 0 fully saturated rings. The summed E-state index contributed by atoms with van der Waals surface area (Å²) >= 11 is 0. The number of hydrogen-bond acceptors (Lipinski definition) is 3. The van der Waals surface area contributed by atoms with E-state index in [1.165, 1.54) is 32.6 Å². The first-order chi connectivity index (χ1) is 21.3. The van der Waals surface area contributed by atoms with Gasteiger partial charge in [0.15, 0.2) is 0 Å². The van der Waals surface area contributed by atoms with Crippen molar-refractivity contribution in [1.82, 2.24) is 9.55 Å². The summed E-state index contributed by atoms with van der Waals surface area (Å²) in [6.45, 7) is 0. The minimum atomic E-state index is 0.654. The van der Waals surface area contributed by atoms with Gasteiger partial charge in [-0.15, -0.1) is 0 Å². The molecule has 0 aliphatic carbocycles. The van der Waals surface area contributed by atoms with Crippen LogP contribution in [-0.4, -0.2) is 9.55 Å². The largest absolute Gasteiger partial charge is 0.438 e. The van der Waals surface area contributed by atoms with E-state index in [0.29, 0.717) is 5.71 Å². The van der Waals surface area contributed by atoms with Crippen LogP contribution < -0.4 is 4.90 Å². The van der Waals surface area contributed by atoms with Gasteiger partial charge in [0.25, 0.3) is 0 Å². The van der Waals surface area contributed by atoms with Gasteiger partial charge < -0.3 is 13.9 Å². The van der Waals surface area contributed by atoms with E-state index in [2.05, 4.69) is 148 Å². The van der Waals surface area contributed by atoms with Crippen LogP contribution in [0.3, 0.4) is 0 Å². The van der Waals surface area contributed by atoms with Crippen LogP contribution in [0, 0.1) is 0 Å². The fourth-order valence-corrected chi connectivity index (χ4v) is 6.55. The number of para-hydroxylation sites is 2. The topological polar surface area (TPSA) is 34.2 Å². The number of benzene rings is 6. The molecule has 6 aromatic carbocycles. The lowest BCUT2D eigenvalue weighted by atomic mass is 10.0. The van der Waals surface area contributed by atoms with Gasteiger partial charge in [0.05, 0.1) is 11.0 Å². The third-order valence-electron chi connectivity index (χ3n) is 8.41. The summed E-state index contributed by atoms with van der Waals surface area (Å²) in [5.41, 5.74) is 8.19. The molecule has 43 heavy (non-hydrogen) atoms. The molecule has 9 aromatic rings. The molecule has 0 saturated heterocycles. The second-order valence-corrected chi connectivity index (χ2v) is 10.9. The maximum Gasteiger partial charge on any atom is 0.227 e. The van der Waals surface area contributed by atoms with E-state index in [1.54, 1.807) is 6.20 Å². The maximum absolute atomic E-state index is 6.05. The minimum Gasteiger partial charge on any atom is -0.438 e. The number of rotatable bonds is 4. The lowest BCUT2D eigenvalue weighted by molar-refractivity contribution is 0.654. The summed E-state index contributed by atoms with van der Waals surface area (Å²) in [5, 5.41) is 7.12. The van der Waals surface area contributed by atoms with E-state index < -0.39 is 0 Å². The number of anilines is 3. The normalized spacial score (nSPS) is 11.7. The third kappa shape index (κ3) is 3.67. The van der Waals surface area contributed by atoms with Gasteiger partial charge in [-0.3, -0.25) is 0 Å². The lowest BCUT2D eigenvalue weighted by Gasteiger charge is -2.26. The van der Waals surface area contributed by atoms with Crippen LogP contribution in [0.5, 0.6) is 0 Å². The van der Waals surface area contributed by atoms with Crippen LogP contribution >= 0.6 is 0 Å². The van der Waals surface area contributed by atoms with E-state index in [4.69, 9.17) is 4.42 Å². The second kappa shape index (κ2) is 9.33. The second-order valence-electron chi connectivity index (χ2n) is 10.9. The molecular formula is C39H25N3O. The Bertz CT molecular complexity index is 2470. The Balaban J connectivity index is 1.28. The van der Waals surface area contributed by atoms with Crippen LogP contribution in [0.25, 0.3) is 60.3 Å². The molecule has 4 nitrogen and oxygen atoms in total. The highest BCUT2D eigenvalue weighted by atomic mass is 16.3. The predicted octanol–water partition coefficient (Wildman–Crippen LogP) is 10.7. The Kier molecular flexibility index (Phi) is 5.16. The number of aromatic nitrogens is 2. The highest BCUT2D eigenvalue weighted by Crippen LogP contribution is 2.41. The Morgan fingerprint density at radius 1 is 0.512 bits per heavy atom. The Hall–Kier alpha value is -5.87. The molecule has 3 aromatic heterocycles. The van der Waals surface area contributed by atoms with Crippen LogP contribution in [0.2, 0.25) is 0 Å². The van der Waals surface area contributed by atoms with Gasteiger partial charge in [-0.25, -0.2) is 4.98 Å². The van der Waals surface area contributed by atoms with Crippen LogP contribution in [0.1, 0.15) is 0 Å². The van der Waals surface area contributed by atoms with Gasteiger partial charge >= 0.3 is 0 Å². The zero-order valence-corrected chi connectivity index (χ0v) is 23.2. The van der Waals surface area contributed by atoms with Crippen molar-refractivity contribution < 1.29 is 4.42 Å². The van der Waals surface area contributed by atoms with Gasteiger partial charge in [-0.05, 0) is 83.6 Å². The molecular weight excluding hydrogens is 526 g/mol. The molecule has 0 atom stereocenters. The molecule has 0 unspecified atom stereocenters. The standard InChI is InChI=1S/C39H25N3O/c1-2-11-27(12-3-1)41(30-20-22-37-34(25-30)32-17-9-23-40-39(32)43-37)28-13-8-14-29(24-28)42-35-18-7-6-16-33(35)38-31-15-5-4-10-26(31)19-21-36(38)42/h1-25H. The molecule has 0 amide bonds. The SMILES string of the molecule is c1ccc(N(c2cccc(-n3c4ccccc4c4c5ccccc5ccc43)c2)c2ccc3oc4ncccc4c3c2)cc1. The van der Waals surface area contributed by atoms with E-state index in [-0.39, 0.29) is 0 Å². The Morgan fingerprint density at radius 3 is 2.21 bits per heavy atom. The zero-order chi connectivity index (χ0) is 28.3. The lowest BCUT2D eigenvalue weighted by Crippen LogP contribution is -2.10. The van der Waals surface area contributed by atoms with Crippen LogP contribution in [0.15, 0.2) is 156 Å². The summed E-state index contributed by atoms with van der Waals surface area (Å²) in [6.07, 6.45) is 1.77. The fraction of sp³-hybridized carbons (Fsp3) is 0. The average molecular weight is 552 g/mol. The van der Waals surface area contributed by atoms with Crippen LogP contribution in [-0.2, 0) is 0 Å². The van der Waals surface area contributed by atoms with Gasteiger partial charge in [-0.2, -0.15) is 0 Å². The molecule has 3 heterocycles. The van der Waals surface area contributed by atoms with Crippen molar-refractivity contribution in [2.45, 2.75) is 0 Å². The van der Waals surface area contributed by atoms with Gasteiger partial charge in [-0.1, -0.05) is 72.8 Å². The van der Waals surface area contributed by atoms with Crippen molar-refractivity contribution in [2.24, 2.45) is 0 Å². The highest BCUT2D eigenvalue weighted by molar-refractivity contribution is 6.21. The molecule has 0 saturated carbocycles. The first-order valence-electron chi connectivity index (χ1n) is 14.5. The first kappa shape index (κ1) is 23.8. The fourth-order valence-electron chi connectivity index (χ4n) is 6.55. The summed E-state index contributed by atoms with van der Waals surface area (Å²) in [7, 11) is 0. The minimum absolute atomic E-state index is 0.654. The quantitative estimate of drug-likeness (QED) is 0.218. The number of hydrogen-bond donors (Lipinski definition) is 0. The molecule has 0 radical (unpaired) electrons. The summed E-state index contributed by atoms with van der Waals surface area (Å²) in [4.78, 5) is 6.74.